The van der Waals surface area contributed by atoms with Crippen molar-refractivity contribution in [1.29, 1.82) is 0 Å². The maximum Gasteiger partial charge on any atom is 0.455 e. The van der Waals surface area contributed by atoms with Gasteiger partial charge in [-0.1, -0.05) is 11.2 Å². The number of hydrogen-bond donors (Lipinski definition) is 1. The molecular weight excluding hydrogens is 434 g/mol. The van der Waals surface area contributed by atoms with Gasteiger partial charge in [-0.15, -0.1) is 0 Å². The zero-order chi connectivity index (χ0) is 22.6. The molecule has 0 radical (unpaired) electrons. The van der Waals surface area contributed by atoms with E-state index in [1.54, 1.807) is 0 Å². The SMILES string of the molecule is O=C(NCc1nc(C(F)(F)F)no1)c1cnc(OCC(F)(F)F)c(C2=CCCCC2)c1. The van der Waals surface area contributed by atoms with Crippen LogP contribution in [0.1, 0.15) is 53.3 Å². The van der Waals surface area contributed by atoms with E-state index < -0.39 is 43.1 Å². The first-order valence-electron chi connectivity index (χ1n) is 9.10. The Morgan fingerprint density at radius 2 is 1.97 bits per heavy atom. The molecule has 0 bridgehead atoms. The molecule has 31 heavy (non-hydrogen) atoms. The summed E-state index contributed by atoms with van der Waals surface area (Å²) in [6.07, 6.45) is -3.43. The van der Waals surface area contributed by atoms with E-state index in [2.05, 4.69) is 25.0 Å². The summed E-state index contributed by atoms with van der Waals surface area (Å²) >= 11 is 0. The zero-order valence-corrected chi connectivity index (χ0v) is 15.8. The Hall–Kier alpha value is -3.12. The van der Waals surface area contributed by atoms with Crippen molar-refractivity contribution in [1.82, 2.24) is 20.4 Å². The summed E-state index contributed by atoms with van der Waals surface area (Å²) in [5, 5.41) is 5.08. The molecule has 7 nitrogen and oxygen atoms in total. The van der Waals surface area contributed by atoms with Gasteiger partial charge < -0.3 is 14.6 Å². The lowest BCUT2D eigenvalue weighted by Crippen LogP contribution is -2.24. The lowest BCUT2D eigenvalue weighted by Gasteiger charge is -2.17. The molecule has 168 valence electrons. The highest BCUT2D eigenvalue weighted by Gasteiger charge is 2.37. The third kappa shape index (κ3) is 6.18. The van der Waals surface area contributed by atoms with Gasteiger partial charge in [0.25, 0.3) is 11.7 Å². The molecule has 1 aliphatic rings. The molecule has 0 aliphatic heterocycles. The Labute approximate surface area is 171 Å². The van der Waals surface area contributed by atoms with Crippen molar-refractivity contribution >= 4 is 11.5 Å². The maximum atomic E-state index is 12.5. The fourth-order valence-corrected chi connectivity index (χ4v) is 2.85. The summed E-state index contributed by atoms with van der Waals surface area (Å²) in [7, 11) is 0. The summed E-state index contributed by atoms with van der Waals surface area (Å²) in [5.41, 5.74) is 0.947. The molecule has 1 amide bonds. The predicted octanol–water partition coefficient (Wildman–Crippen LogP) is 4.31. The van der Waals surface area contributed by atoms with Gasteiger partial charge in [0.2, 0.25) is 11.8 Å². The predicted molar refractivity (Wildman–Crippen MR) is 92.7 cm³/mol. The molecule has 13 heteroatoms. The molecule has 2 aromatic rings. The van der Waals surface area contributed by atoms with E-state index in [9.17, 15) is 31.1 Å². The average molecular weight is 450 g/mol. The number of carbonyl (C=O) groups is 1. The lowest BCUT2D eigenvalue weighted by atomic mass is 9.93. The number of nitrogens with zero attached hydrogens (tertiary/aromatic N) is 3. The van der Waals surface area contributed by atoms with Crippen LogP contribution in [0.3, 0.4) is 0 Å². The van der Waals surface area contributed by atoms with Crippen molar-refractivity contribution in [2.24, 2.45) is 0 Å². The smallest absolute Gasteiger partial charge is 0.455 e. The molecule has 0 aromatic carbocycles. The Balaban J connectivity index is 1.76. The van der Waals surface area contributed by atoms with Gasteiger partial charge in [-0.25, -0.2) is 4.98 Å². The molecule has 3 rings (SSSR count). The van der Waals surface area contributed by atoms with Crippen LogP contribution in [0.5, 0.6) is 5.88 Å². The molecule has 2 aromatic heterocycles. The molecule has 0 fully saturated rings. The molecule has 0 unspecified atom stereocenters. The fourth-order valence-electron chi connectivity index (χ4n) is 2.85. The van der Waals surface area contributed by atoms with E-state index in [0.29, 0.717) is 12.0 Å². The Morgan fingerprint density at radius 1 is 1.19 bits per heavy atom. The minimum absolute atomic E-state index is 0.0172. The van der Waals surface area contributed by atoms with Crippen molar-refractivity contribution in [2.45, 2.75) is 44.6 Å². The van der Waals surface area contributed by atoms with Crippen molar-refractivity contribution in [3.63, 3.8) is 0 Å². The normalized spacial score (nSPS) is 14.8. The summed E-state index contributed by atoms with van der Waals surface area (Å²) < 4.78 is 84.3. The first kappa shape index (κ1) is 22.6. The van der Waals surface area contributed by atoms with Crippen LogP contribution in [0.25, 0.3) is 5.57 Å². The highest BCUT2D eigenvalue weighted by molar-refractivity contribution is 5.95. The van der Waals surface area contributed by atoms with Gasteiger partial charge >= 0.3 is 12.4 Å². The number of rotatable bonds is 6. The molecular formula is C18H16F6N4O3. The molecule has 2 heterocycles. The van der Waals surface area contributed by atoms with E-state index in [-0.39, 0.29) is 17.0 Å². The quantitative estimate of drug-likeness (QED) is 0.660. The van der Waals surface area contributed by atoms with Gasteiger partial charge in [0.15, 0.2) is 6.61 Å². The summed E-state index contributed by atoms with van der Waals surface area (Å²) in [6, 6.07) is 1.33. The van der Waals surface area contributed by atoms with E-state index >= 15 is 0 Å². The summed E-state index contributed by atoms with van der Waals surface area (Å²) in [6.45, 7) is -2.02. The third-order valence-corrected chi connectivity index (χ3v) is 4.24. The first-order chi connectivity index (χ1) is 14.5. The monoisotopic (exact) mass is 450 g/mol. The number of hydrogen-bond acceptors (Lipinski definition) is 6. The first-order valence-corrected chi connectivity index (χ1v) is 9.10. The standard InChI is InChI=1S/C18H16F6N4O3/c19-17(20,21)9-30-15-12(10-4-2-1-3-5-10)6-11(7-26-15)14(29)25-8-13-27-16(28-31-13)18(22,23)24/h4,6-7H,1-3,5,8-9H2,(H,25,29). The number of halogens is 6. The van der Waals surface area contributed by atoms with Crippen LogP contribution in [0.15, 0.2) is 22.9 Å². The summed E-state index contributed by atoms with van der Waals surface area (Å²) in [4.78, 5) is 19.4. The van der Waals surface area contributed by atoms with Gasteiger partial charge in [0.1, 0.15) is 0 Å². The van der Waals surface area contributed by atoms with Crippen LogP contribution in [0.2, 0.25) is 0 Å². The molecule has 0 saturated carbocycles. The van der Waals surface area contributed by atoms with Crippen molar-refractivity contribution in [3.05, 3.63) is 41.2 Å². The molecule has 1 aliphatic carbocycles. The number of nitrogens with one attached hydrogen (secondary N) is 1. The van der Waals surface area contributed by atoms with Crippen LogP contribution in [-0.4, -0.2) is 33.8 Å². The third-order valence-electron chi connectivity index (χ3n) is 4.24. The van der Waals surface area contributed by atoms with Crippen LogP contribution in [0, 0.1) is 0 Å². The van der Waals surface area contributed by atoms with Crippen LogP contribution >= 0.6 is 0 Å². The van der Waals surface area contributed by atoms with Crippen molar-refractivity contribution in [3.8, 4) is 5.88 Å². The number of ether oxygens (including phenoxy) is 1. The lowest BCUT2D eigenvalue weighted by molar-refractivity contribution is -0.154. The highest BCUT2D eigenvalue weighted by Crippen LogP contribution is 2.33. The van der Waals surface area contributed by atoms with Gasteiger partial charge in [0.05, 0.1) is 12.1 Å². The highest BCUT2D eigenvalue weighted by atomic mass is 19.4. The van der Waals surface area contributed by atoms with Crippen LogP contribution in [0.4, 0.5) is 26.3 Å². The number of pyridine rings is 1. The molecule has 0 atom stereocenters. The number of allylic oxidation sites excluding steroid dienone is 2. The number of carbonyl (C=O) groups excluding carboxylic acids is 1. The molecule has 0 spiro atoms. The van der Waals surface area contributed by atoms with Crippen molar-refractivity contribution in [2.75, 3.05) is 6.61 Å². The minimum Gasteiger partial charge on any atom is -0.468 e. The Kier molecular flexibility index (Phi) is 6.51. The second kappa shape index (κ2) is 8.94. The van der Waals surface area contributed by atoms with Gasteiger partial charge in [0, 0.05) is 11.8 Å². The van der Waals surface area contributed by atoms with E-state index in [1.807, 2.05) is 6.08 Å². The van der Waals surface area contributed by atoms with E-state index in [1.165, 1.54) is 6.07 Å². The molecule has 1 N–H and O–H groups in total. The second-order valence-electron chi connectivity index (χ2n) is 6.65. The number of aromatic nitrogens is 3. The summed E-state index contributed by atoms with van der Waals surface area (Å²) in [5.74, 6) is -2.93. The number of amides is 1. The fraction of sp³-hybridized carbons (Fsp3) is 0.444. The zero-order valence-electron chi connectivity index (χ0n) is 15.8. The second-order valence-corrected chi connectivity index (χ2v) is 6.65. The maximum absolute atomic E-state index is 12.5. The van der Waals surface area contributed by atoms with Gasteiger partial charge in [-0.3, -0.25) is 4.79 Å². The minimum atomic E-state index is -4.79. The van der Waals surface area contributed by atoms with Gasteiger partial charge in [-0.05, 0) is 37.3 Å². The van der Waals surface area contributed by atoms with Crippen molar-refractivity contribution < 1.29 is 40.4 Å². The van der Waals surface area contributed by atoms with Crippen LogP contribution in [-0.2, 0) is 12.7 Å². The van der Waals surface area contributed by atoms with E-state index in [4.69, 9.17) is 4.74 Å². The largest absolute Gasteiger partial charge is 0.468 e. The molecule has 0 saturated heterocycles. The Morgan fingerprint density at radius 3 is 2.58 bits per heavy atom. The van der Waals surface area contributed by atoms with E-state index in [0.717, 1.165) is 25.5 Å². The van der Waals surface area contributed by atoms with Crippen LogP contribution < -0.4 is 10.1 Å². The van der Waals surface area contributed by atoms with Gasteiger partial charge in [-0.2, -0.15) is 31.3 Å². The average Bonchev–Trinajstić information content (AvgIpc) is 3.20. The Bertz CT molecular complexity index is 968. The number of alkyl halides is 6. The topological polar surface area (TPSA) is 90.1 Å².